The highest BCUT2D eigenvalue weighted by molar-refractivity contribution is 7.92. The minimum atomic E-state index is -3.81. The predicted molar refractivity (Wildman–Crippen MR) is 79.1 cm³/mol. The Morgan fingerprint density at radius 2 is 2.19 bits per heavy atom. The molecular weight excluding hydrogens is 314 g/mol. The molecule has 0 spiro atoms. The van der Waals surface area contributed by atoms with Gasteiger partial charge in [0, 0.05) is 4.88 Å². The first-order valence-electron chi connectivity index (χ1n) is 6.16. The fourth-order valence-corrected chi connectivity index (χ4v) is 3.98. The van der Waals surface area contributed by atoms with Gasteiger partial charge in [-0.05, 0) is 32.4 Å². The first-order chi connectivity index (χ1) is 9.86. The van der Waals surface area contributed by atoms with E-state index in [0.717, 1.165) is 4.88 Å². The summed E-state index contributed by atoms with van der Waals surface area (Å²) in [5.74, 6) is -0.540. The summed E-state index contributed by atoms with van der Waals surface area (Å²) in [6, 6.07) is 1.33. The first kappa shape index (κ1) is 15.5. The molecule has 0 atom stereocenters. The zero-order valence-electron chi connectivity index (χ0n) is 11.8. The number of sulfonamides is 1. The fourth-order valence-electron chi connectivity index (χ4n) is 1.72. The Balaban J connectivity index is 2.41. The molecule has 7 nitrogen and oxygen atoms in total. The highest BCUT2D eigenvalue weighted by Crippen LogP contribution is 2.34. The van der Waals surface area contributed by atoms with Crippen LogP contribution in [-0.4, -0.2) is 31.2 Å². The summed E-state index contributed by atoms with van der Waals surface area (Å²) in [7, 11) is -3.81. The van der Waals surface area contributed by atoms with E-state index in [4.69, 9.17) is 4.74 Å². The number of aromatic nitrogens is 2. The molecule has 0 radical (unpaired) electrons. The van der Waals surface area contributed by atoms with Gasteiger partial charge in [-0.1, -0.05) is 0 Å². The van der Waals surface area contributed by atoms with Crippen LogP contribution in [0.5, 0.6) is 0 Å². The molecule has 2 heterocycles. The number of carbonyl (C=O) groups excluding carboxylic acids is 1. The topological polar surface area (TPSA) is 101 Å². The lowest BCUT2D eigenvalue weighted by Crippen LogP contribution is -2.16. The molecule has 0 saturated carbocycles. The van der Waals surface area contributed by atoms with Crippen LogP contribution >= 0.6 is 11.3 Å². The molecule has 21 heavy (non-hydrogen) atoms. The number of thiophene rings is 1. The maximum Gasteiger partial charge on any atom is 0.341 e. The predicted octanol–water partition coefficient (Wildman–Crippen LogP) is 2.07. The molecule has 2 aromatic rings. The van der Waals surface area contributed by atoms with E-state index in [1.807, 2.05) is 6.92 Å². The van der Waals surface area contributed by atoms with Crippen LogP contribution in [0.1, 0.15) is 27.7 Å². The number of anilines is 1. The molecule has 0 bridgehead atoms. The molecular formula is C12H15N3O4S2. The van der Waals surface area contributed by atoms with E-state index in [1.54, 1.807) is 13.8 Å². The molecule has 0 fully saturated rings. The molecule has 0 unspecified atom stereocenters. The minimum Gasteiger partial charge on any atom is -0.462 e. The van der Waals surface area contributed by atoms with E-state index in [2.05, 4.69) is 14.9 Å². The number of rotatable bonds is 5. The lowest BCUT2D eigenvalue weighted by Gasteiger charge is -2.07. The molecule has 0 amide bonds. The van der Waals surface area contributed by atoms with Crippen molar-refractivity contribution in [3.8, 4) is 0 Å². The van der Waals surface area contributed by atoms with Crippen LogP contribution < -0.4 is 4.72 Å². The average molecular weight is 329 g/mol. The average Bonchev–Trinajstić information content (AvgIpc) is 3.00. The molecule has 2 N–H and O–H groups in total. The minimum absolute atomic E-state index is 0.0685. The Bertz CT molecular complexity index is 748. The quantitative estimate of drug-likeness (QED) is 0.818. The van der Waals surface area contributed by atoms with E-state index >= 15 is 0 Å². The van der Waals surface area contributed by atoms with E-state index in [1.165, 1.54) is 23.6 Å². The number of aryl methyl sites for hydroxylation is 1. The van der Waals surface area contributed by atoms with Crippen LogP contribution in [0.3, 0.4) is 0 Å². The normalized spacial score (nSPS) is 11.4. The van der Waals surface area contributed by atoms with Gasteiger partial charge < -0.3 is 4.74 Å². The second-order valence-electron chi connectivity index (χ2n) is 4.23. The molecule has 0 saturated heterocycles. The zero-order chi connectivity index (χ0) is 15.6. The van der Waals surface area contributed by atoms with E-state index < -0.39 is 16.0 Å². The number of H-pyrrole nitrogens is 1. The summed E-state index contributed by atoms with van der Waals surface area (Å²) in [6.07, 6.45) is 1.34. The fraction of sp³-hybridized carbons (Fsp3) is 0.333. The molecule has 0 aliphatic rings. The van der Waals surface area contributed by atoms with E-state index in [-0.39, 0.29) is 22.2 Å². The first-order valence-corrected chi connectivity index (χ1v) is 8.46. The van der Waals surface area contributed by atoms with Gasteiger partial charge in [-0.25, -0.2) is 4.79 Å². The molecule has 2 aromatic heterocycles. The Morgan fingerprint density at radius 3 is 2.76 bits per heavy atom. The van der Waals surface area contributed by atoms with Crippen molar-refractivity contribution in [1.29, 1.82) is 0 Å². The second kappa shape index (κ2) is 5.86. The number of hydrogen-bond donors (Lipinski definition) is 2. The smallest absolute Gasteiger partial charge is 0.341 e. The van der Waals surface area contributed by atoms with Gasteiger partial charge in [-0.3, -0.25) is 9.82 Å². The van der Waals surface area contributed by atoms with Gasteiger partial charge in [-0.2, -0.15) is 13.5 Å². The maximum atomic E-state index is 12.2. The van der Waals surface area contributed by atoms with Gasteiger partial charge >= 0.3 is 5.97 Å². The number of aromatic amines is 1. The van der Waals surface area contributed by atoms with Crippen LogP contribution in [0, 0.1) is 13.8 Å². The number of ether oxygens (including phenoxy) is 1. The van der Waals surface area contributed by atoms with Crippen molar-refractivity contribution >= 4 is 32.3 Å². The van der Waals surface area contributed by atoms with Crippen LogP contribution in [0.4, 0.5) is 5.00 Å². The largest absolute Gasteiger partial charge is 0.462 e. The van der Waals surface area contributed by atoms with E-state index in [0.29, 0.717) is 5.56 Å². The molecule has 9 heteroatoms. The Kier molecular flexibility index (Phi) is 4.33. The lowest BCUT2D eigenvalue weighted by molar-refractivity contribution is 0.0527. The molecule has 0 aromatic carbocycles. The highest BCUT2D eigenvalue weighted by atomic mass is 32.2. The number of nitrogens with one attached hydrogen (secondary N) is 2. The van der Waals surface area contributed by atoms with Crippen LogP contribution in [0.15, 0.2) is 17.3 Å². The van der Waals surface area contributed by atoms with Gasteiger partial charge in [0.15, 0.2) is 5.03 Å². The summed E-state index contributed by atoms with van der Waals surface area (Å²) < 4.78 is 31.8. The van der Waals surface area contributed by atoms with Crippen molar-refractivity contribution in [2.45, 2.75) is 25.8 Å². The van der Waals surface area contributed by atoms with Gasteiger partial charge in [-0.15, -0.1) is 11.3 Å². The van der Waals surface area contributed by atoms with Gasteiger partial charge in [0.25, 0.3) is 10.0 Å². The summed E-state index contributed by atoms with van der Waals surface area (Å²) >= 11 is 1.19. The molecule has 114 valence electrons. The Morgan fingerprint density at radius 1 is 1.48 bits per heavy atom. The monoisotopic (exact) mass is 329 g/mol. The summed E-state index contributed by atoms with van der Waals surface area (Å²) in [5.41, 5.74) is 0.961. The number of hydrogen-bond acceptors (Lipinski definition) is 6. The van der Waals surface area contributed by atoms with Crippen molar-refractivity contribution in [1.82, 2.24) is 10.2 Å². The summed E-state index contributed by atoms with van der Waals surface area (Å²) in [5, 5.41) is 6.17. The van der Waals surface area contributed by atoms with Crippen molar-refractivity contribution in [3.05, 3.63) is 28.3 Å². The molecule has 0 aliphatic heterocycles. The van der Waals surface area contributed by atoms with Crippen molar-refractivity contribution < 1.29 is 17.9 Å². The number of carbonyl (C=O) groups is 1. The molecule has 0 aliphatic carbocycles. The van der Waals surface area contributed by atoms with Crippen molar-refractivity contribution in [3.63, 3.8) is 0 Å². The van der Waals surface area contributed by atoms with Crippen LogP contribution in [-0.2, 0) is 14.8 Å². The highest BCUT2D eigenvalue weighted by Gasteiger charge is 2.25. The lowest BCUT2D eigenvalue weighted by atomic mass is 10.2. The third-order valence-corrected chi connectivity index (χ3v) is 5.39. The summed E-state index contributed by atoms with van der Waals surface area (Å²) in [6.45, 7) is 5.49. The van der Waals surface area contributed by atoms with Crippen molar-refractivity contribution in [2.24, 2.45) is 0 Å². The standard InChI is InChI=1S/C12H15N3O4S2/c1-4-19-12(16)10-7(2)8(3)20-11(10)15-21(17,18)9-5-6-13-14-9/h5-6,15H,4H2,1-3H3,(H,13,14). The number of nitrogens with zero attached hydrogens (tertiary/aromatic N) is 1. The van der Waals surface area contributed by atoms with E-state index in [9.17, 15) is 13.2 Å². The van der Waals surface area contributed by atoms with Crippen molar-refractivity contribution in [2.75, 3.05) is 11.3 Å². The SMILES string of the molecule is CCOC(=O)c1c(NS(=O)(=O)c2ccn[nH]2)sc(C)c1C. The maximum absolute atomic E-state index is 12.2. The zero-order valence-corrected chi connectivity index (χ0v) is 13.4. The Hall–Kier alpha value is -1.87. The summed E-state index contributed by atoms with van der Waals surface area (Å²) in [4.78, 5) is 12.8. The number of esters is 1. The molecule has 2 rings (SSSR count). The van der Waals surface area contributed by atoms with Crippen LogP contribution in [0.25, 0.3) is 0 Å². The van der Waals surface area contributed by atoms with Gasteiger partial charge in [0.1, 0.15) is 5.00 Å². The third kappa shape index (κ3) is 3.08. The van der Waals surface area contributed by atoms with Gasteiger partial charge in [0.05, 0.1) is 18.4 Å². The Labute approximate surface area is 126 Å². The second-order valence-corrected chi connectivity index (χ2v) is 7.11. The third-order valence-electron chi connectivity index (χ3n) is 2.86. The van der Waals surface area contributed by atoms with Crippen LogP contribution in [0.2, 0.25) is 0 Å². The van der Waals surface area contributed by atoms with Gasteiger partial charge in [0.2, 0.25) is 0 Å².